The van der Waals surface area contributed by atoms with E-state index in [1.54, 1.807) is 16.7 Å². The summed E-state index contributed by atoms with van der Waals surface area (Å²) >= 11 is 0. The van der Waals surface area contributed by atoms with Crippen molar-refractivity contribution in [3.05, 3.63) is 66.2 Å². The van der Waals surface area contributed by atoms with Crippen molar-refractivity contribution in [1.82, 2.24) is 9.80 Å². The SMILES string of the molecule is COC(=O)C(C)CN(Cc1ccccc1)C(=O)C1CCN(C(=O)COc2ccccc2)CC1. The first-order chi connectivity index (χ1) is 16.0. The van der Waals surface area contributed by atoms with E-state index in [0.717, 1.165) is 5.56 Å². The monoisotopic (exact) mass is 452 g/mol. The predicted octanol–water partition coefficient (Wildman–Crippen LogP) is 3.14. The van der Waals surface area contributed by atoms with Gasteiger partial charge in [0.25, 0.3) is 5.91 Å². The average molecular weight is 453 g/mol. The summed E-state index contributed by atoms with van der Waals surface area (Å²) in [4.78, 5) is 41.4. The zero-order chi connectivity index (χ0) is 23.6. The fourth-order valence-electron chi connectivity index (χ4n) is 4.03. The zero-order valence-electron chi connectivity index (χ0n) is 19.3. The summed E-state index contributed by atoms with van der Waals surface area (Å²) in [5, 5.41) is 0. The number of esters is 1. The molecule has 2 aromatic rings. The highest BCUT2D eigenvalue weighted by Gasteiger charge is 2.32. The summed E-state index contributed by atoms with van der Waals surface area (Å²) in [5.41, 5.74) is 1.01. The molecule has 33 heavy (non-hydrogen) atoms. The maximum atomic E-state index is 13.4. The summed E-state index contributed by atoms with van der Waals surface area (Å²) in [7, 11) is 1.36. The van der Waals surface area contributed by atoms with Gasteiger partial charge in [0.1, 0.15) is 5.75 Å². The predicted molar refractivity (Wildman–Crippen MR) is 124 cm³/mol. The first-order valence-electron chi connectivity index (χ1n) is 11.3. The van der Waals surface area contributed by atoms with Crippen LogP contribution in [0.25, 0.3) is 0 Å². The first-order valence-corrected chi connectivity index (χ1v) is 11.3. The van der Waals surface area contributed by atoms with E-state index >= 15 is 0 Å². The van der Waals surface area contributed by atoms with E-state index in [9.17, 15) is 14.4 Å². The van der Waals surface area contributed by atoms with Crippen LogP contribution >= 0.6 is 0 Å². The van der Waals surface area contributed by atoms with Crippen LogP contribution in [0.3, 0.4) is 0 Å². The second kappa shape index (κ2) is 12.0. The van der Waals surface area contributed by atoms with E-state index in [-0.39, 0.29) is 30.3 Å². The Morgan fingerprint density at radius 3 is 2.21 bits per heavy atom. The van der Waals surface area contributed by atoms with Gasteiger partial charge < -0.3 is 19.3 Å². The van der Waals surface area contributed by atoms with Crippen LogP contribution in [0.1, 0.15) is 25.3 Å². The van der Waals surface area contributed by atoms with Gasteiger partial charge in [0.05, 0.1) is 13.0 Å². The highest BCUT2D eigenvalue weighted by atomic mass is 16.5. The fourth-order valence-corrected chi connectivity index (χ4v) is 4.03. The number of para-hydroxylation sites is 1. The third-order valence-electron chi connectivity index (χ3n) is 5.93. The van der Waals surface area contributed by atoms with Gasteiger partial charge in [-0.2, -0.15) is 0 Å². The van der Waals surface area contributed by atoms with Gasteiger partial charge in [-0.15, -0.1) is 0 Å². The van der Waals surface area contributed by atoms with Crippen molar-refractivity contribution >= 4 is 17.8 Å². The normalized spacial score (nSPS) is 14.9. The number of hydrogen-bond donors (Lipinski definition) is 0. The molecule has 2 aromatic carbocycles. The van der Waals surface area contributed by atoms with Gasteiger partial charge in [-0.3, -0.25) is 14.4 Å². The molecule has 2 amide bonds. The molecule has 0 spiro atoms. The number of benzene rings is 2. The highest BCUT2D eigenvalue weighted by Crippen LogP contribution is 2.22. The second-order valence-corrected chi connectivity index (χ2v) is 8.39. The Kier molecular flexibility index (Phi) is 8.87. The average Bonchev–Trinajstić information content (AvgIpc) is 2.87. The number of amides is 2. The summed E-state index contributed by atoms with van der Waals surface area (Å²) < 4.78 is 10.4. The largest absolute Gasteiger partial charge is 0.484 e. The Labute approximate surface area is 195 Å². The number of hydrogen-bond acceptors (Lipinski definition) is 5. The van der Waals surface area contributed by atoms with Crippen molar-refractivity contribution in [1.29, 1.82) is 0 Å². The van der Waals surface area contributed by atoms with Crippen LogP contribution in [-0.2, 0) is 25.7 Å². The summed E-state index contributed by atoms with van der Waals surface area (Å²) in [6, 6.07) is 19.0. The molecular weight excluding hydrogens is 420 g/mol. The molecule has 1 aliphatic heterocycles. The molecule has 1 fully saturated rings. The lowest BCUT2D eigenvalue weighted by atomic mass is 9.94. The Bertz CT molecular complexity index is 911. The van der Waals surface area contributed by atoms with Crippen molar-refractivity contribution in [2.45, 2.75) is 26.3 Å². The molecule has 7 nitrogen and oxygen atoms in total. The lowest BCUT2D eigenvalue weighted by molar-refractivity contribution is -0.148. The van der Waals surface area contributed by atoms with Crippen LogP contribution in [-0.4, -0.2) is 60.9 Å². The molecule has 176 valence electrons. The van der Waals surface area contributed by atoms with Crippen LogP contribution in [0.2, 0.25) is 0 Å². The van der Waals surface area contributed by atoms with Crippen molar-refractivity contribution in [3.8, 4) is 5.75 Å². The van der Waals surface area contributed by atoms with Crippen molar-refractivity contribution in [2.24, 2.45) is 11.8 Å². The molecule has 1 aliphatic rings. The molecular formula is C26H32N2O5. The van der Waals surface area contributed by atoms with Gasteiger partial charge in [0.2, 0.25) is 5.91 Å². The standard InChI is InChI=1S/C26H32N2O5/c1-20(26(31)32-2)17-28(18-21-9-5-3-6-10-21)25(30)22-13-15-27(16-14-22)24(29)19-33-23-11-7-4-8-12-23/h3-12,20,22H,13-19H2,1-2H3. The number of methoxy groups -OCH3 is 1. The number of piperidine rings is 1. The quantitative estimate of drug-likeness (QED) is 0.547. The van der Waals surface area contributed by atoms with E-state index in [0.29, 0.717) is 44.8 Å². The molecule has 1 saturated heterocycles. The minimum Gasteiger partial charge on any atom is -0.484 e. The minimum atomic E-state index is -0.417. The molecule has 0 bridgehead atoms. The Morgan fingerprint density at radius 2 is 1.61 bits per heavy atom. The van der Waals surface area contributed by atoms with Gasteiger partial charge >= 0.3 is 5.97 Å². The summed E-state index contributed by atoms with van der Waals surface area (Å²) in [6.45, 7) is 3.51. The Hall–Kier alpha value is -3.35. The minimum absolute atomic E-state index is 0.0145. The van der Waals surface area contributed by atoms with Crippen LogP contribution in [0.15, 0.2) is 60.7 Å². The van der Waals surface area contributed by atoms with Crippen LogP contribution in [0.4, 0.5) is 0 Å². The zero-order valence-corrected chi connectivity index (χ0v) is 19.3. The maximum absolute atomic E-state index is 13.4. The van der Waals surface area contributed by atoms with E-state index in [2.05, 4.69) is 0 Å². The van der Waals surface area contributed by atoms with Crippen molar-refractivity contribution < 1.29 is 23.9 Å². The second-order valence-electron chi connectivity index (χ2n) is 8.39. The number of likely N-dealkylation sites (tertiary alicyclic amines) is 1. The number of carbonyl (C=O) groups is 3. The third-order valence-corrected chi connectivity index (χ3v) is 5.93. The van der Waals surface area contributed by atoms with Gasteiger partial charge in [0, 0.05) is 32.1 Å². The van der Waals surface area contributed by atoms with Crippen LogP contribution in [0.5, 0.6) is 5.75 Å². The topological polar surface area (TPSA) is 76.2 Å². The van der Waals surface area contributed by atoms with E-state index < -0.39 is 5.92 Å². The molecule has 1 atom stereocenters. The maximum Gasteiger partial charge on any atom is 0.310 e. The molecule has 0 saturated carbocycles. The fraction of sp³-hybridized carbons (Fsp3) is 0.423. The molecule has 1 unspecified atom stereocenters. The van der Waals surface area contributed by atoms with Gasteiger partial charge in [-0.25, -0.2) is 0 Å². The van der Waals surface area contributed by atoms with Crippen LogP contribution in [0, 0.1) is 11.8 Å². The van der Waals surface area contributed by atoms with Crippen LogP contribution < -0.4 is 4.74 Å². The summed E-state index contributed by atoms with van der Waals surface area (Å²) in [5.74, 6) is -0.337. The molecule has 0 aromatic heterocycles. The first kappa shape index (κ1) is 24.3. The number of ether oxygens (including phenoxy) is 2. The van der Waals surface area contributed by atoms with Crippen molar-refractivity contribution in [2.75, 3.05) is 33.4 Å². The molecule has 3 rings (SSSR count). The summed E-state index contributed by atoms with van der Waals surface area (Å²) in [6.07, 6.45) is 1.18. The lowest BCUT2D eigenvalue weighted by Gasteiger charge is -2.35. The molecule has 0 radical (unpaired) electrons. The molecule has 1 heterocycles. The Morgan fingerprint density at radius 1 is 1.00 bits per heavy atom. The smallest absolute Gasteiger partial charge is 0.310 e. The van der Waals surface area contributed by atoms with Gasteiger partial charge in [-0.05, 0) is 30.5 Å². The lowest BCUT2D eigenvalue weighted by Crippen LogP contribution is -2.46. The van der Waals surface area contributed by atoms with Gasteiger partial charge in [-0.1, -0.05) is 55.5 Å². The molecule has 7 heteroatoms. The molecule has 0 N–H and O–H groups in total. The van der Waals surface area contributed by atoms with Crippen molar-refractivity contribution in [3.63, 3.8) is 0 Å². The van der Waals surface area contributed by atoms with E-state index in [1.165, 1.54) is 7.11 Å². The number of carbonyl (C=O) groups excluding carboxylic acids is 3. The Balaban J connectivity index is 1.56. The van der Waals surface area contributed by atoms with Gasteiger partial charge in [0.15, 0.2) is 6.61 Å². The number of nitrogens with zero attached hydrogens (tertiary/aromatic N) is 2. The van der Waals surface area contributed by atoms with E-state index in [4.69, 9.17) is 9.47 Å². The number of rotatable bonds is 9. The van der Waals surface area contributed by atoms with E-state index in [1.807, 2.05) is 60.7 Å². The highest BCUT2D eigenvalue weighted by molar-refractivity contribution is 5.81. The molecule has 0 aliphatic carbocycles. The third kappa shape index (κ3) is 7.07.